The van der Waals surface area contributed by atoms with Crippen LogP contribution in [0.4, 0.5) is 0 Å². The number of benzene rings is 1. The first-order chi connectivity index (χ1) is 10.9. The molecule has 3 aromatic rings. The van der Waals surface area contributed by atoms with Gasteiger partial charge in [-0.25, -0.2) is 0 Å². The van der Waals surface area contributed by atoms with E-state index in [1.807, 2.05) is 30.3 Å². The lowest BCUT2D eigenvalue weighted by molar-refractivity contribution is 0.308. The summed E-state index contributed by atoms with van der Waals surface area (Å²) in [7, 11) is 0. The molecule has 0 fully saturated rings. The zero-order chi connectivity index (χ0) is 15.2. The van der Waals surface area contributed by atoms with Gasteiger partial charge >= 0.3 is 0 Å². The Morgan fingerprint density at radius 3 is 2.77 bits per heavy atom. The largest absolute Gasteiger partial charge is 0.493 e. The van der Waals surface area contributed by atoms with Crippen molar-refractivity contribution in [2.75, 3.05) is 6.61 Å². The minimum absolute atomic E-state index is 0.719. The van der Waals surface area contributed by atoms with Gasteiger partial charge in [-0.3, -0.25) is 0 Å². The molecule has 22 heavy (non-hydrogen) atoms. The molecular weight excluding hydrogens is 276 g/mol. The van der Waals surface area contributed by atoms with E-state index < -0.39 is 0 Å². The van der Waals surface area contributed by atoms with Crippen molar-refractivity contribution in [3.05, 3.63) is 30.3 Å². The minimum Gasteiger partial charge on any atom is -0.493 e. The zero-order valence-corrected chi connectivity index (χ0v) is 13.0. The fraction of sp³-hybridized carbons (Fsp3) is 0.471. The molecule has 2 aromatic heterocycles. The molecule has 116 valence electrons. The van der Waals surface area contributed by atoms with Crippen molar-refractivity contribution in [1.29, 1.82) is 0 Å². The van der Waals surface area contributed by atoms with Crippen molar-refractivity contribution in [2.45, 2.75) is 45.4 Å². The van der Waals surface area contributed by atoms with E-state index in [1.54, 1.807) is 4.52 Å². The highest BCUT2D eigenvalue weighted by Crippen LogP contribution is 2.26. The molecule has 0 atom stereocenters. The number of fused-ring (bicyclic) bond motifs is 3. The van der Waals surface area contributed by atoms with E-state index in [9.17, 15) is 0 Å². The van der Waals surface area contributed by atoms with Gasteiger partial charge in [0.2, 0.25) is 0 Å². The molecule has 0 unspecified atom stereocenters. The number of aromatic nitrogens is 4. The van der Waals surface area contributed by atoms with E-state index in [1.165, 1.54) is 32.1 Å². The lowest BCUT2D eigenvalue weighted by Gasteiger charge is -2.10. The van der Waals surface area contributed by atoms with Gasteiger partial charge in [0.15, 0.2) is 5.65 Å². The van der Waals surface area contributed by atoms with Crippen LogP contribution in [0, 0.1) is 0 Å². The predicted molar refractivity (Wildman–Crippen MR) is 87.2 cm³/mol. The Balaban J connectivity index is 1.67. The number of rotatable bonds is 8. The summed E-state index contributed by atoms with van der Waals surface area (Å²) >= 11 is 0. The molecule has 0 aliphatic rings. The topological polar surface area (TPSA) is 52.3 Å². The Hall–Kier alpha value is -2.17. The summed E-state index contributed by atoms with van der Waals surface area (Å²) in [5, 5.41) is 12.8. The highest BCUT2D eigenvalue weighted by molar-refractivity contribution is 5.87. The highest BCUT2D eigenvalue weighted by Gasteiger charge is 2.09. The van der Waals surface area contributed by atoms with Crippen LogP contribution in [-0.2, 0) is 0 Å². The number of para-hydroxylation sites is 1. The molecule has 0 amide bonds. The number of unbranched alkanes of at least 4 members (excludes halogenated alkanes) is 5. The van der Waals surface area contributed by atoms with E-state index in [2.05, 4.69) is 22.4 Å². The Kier molecular flexibility index (Phi) is 4.83. The predicted octanol–water partition coefficient (Wildman–Crippen LogP) is 4.02. The summed E-state index contributed by atoms with van der Waals surface area (Å²) in [6, 6.07) is 9.97. The summed E-state index contributed by atoms with van der Waals surface area (Å²) in [6.07, 6.45) is 7.57. The molecular formula is C17H22N4O. The summed E-state index contributed by atoms with van der Waals surface area (Å²) in [4.78, 5) is 0. The maximum Gasteiger partial charge on any atom is 0.183 e. The van der Waals surface area contributed by atoms with E-state index in [0.29, 0.717) is 0 Å². The Morgan fingerprint density at radius 2 is 1.86 bits per heavy atom. The molecule has 0 bridgehead atoms. The molecule has 5 nitrogen and oxygen atoms in total. The van der Waals surface area contributed by atoms with Gasteiger partial charge in [0.25, 0.3) is 0 Å². The lowest BCUT2D eigenvalue weighted by atomic mass is 10.1. The summed E-state index contributed by atoms with van der Waals surface area (Å²) in [5.41, 5.74) is 1.69. The molecule has 0 saturated carbocycles. The van der Waals surface area contributed by atoms with Crippen molar-refractivity contribution < 1.29 is 4.74 Å². The highest BCUT2D eigenvalue weighted by atomic mass is 16.5. The number of ether oxygens (including phenoxy) is 1. The van der Waals surface area contributed by atoms with Crippen LogP contribution in [0.5, 0.6) is 5.75 Å². The van der Waals surface area contributed by atoms with Crippen LogP contribution < -0.4 is 4.74 Å². The van der Waals surface area contributed by atoms with Crippen LogP contribution in [0.3, 0.4) is 0 Å². The molecule has 5 heteroatoms. The van der Waals surface area contributed by atoms with Gasteiger partial charge in [0.05, 0.1) is 12.1 Å². The number of hydrogen-bond acceptors (Lipinski definition) is 4. The van der Waals surface area contributed by atoms with E-state index in [-0.39, 0.29) is 0 Å². The summed E-state index contributed by atoms with van der Waals surface area (Å²) in [6.45, 7) is 2.98. The van der Waals surface area contributed by atoms with Gasteiger partial charge in [-0.1, -0.05) is 51.2 Å². The molecule has 1 aromatic carbocycles. The second-order valence-corrected chi connectivity index (χ2v) is 5.59. The molecule has 3 rings (SSSR count). The third kappa shape index (κ3) is 3.18. The molecule has 0 saturated heterocycles. The van der Waals surface area contributed by atoms with E-state index in [4.69, 9.17) is 4.74 Å². The smallest absolute Gasteiger partial charge is 0.183 e. The van der Waals surface area contributed by atoms with Gasteiger partial charge < -0.3 is 4.74 Å². The van der Waals surface area contributed by atoms with Crippen molar-refractivity contribution >= 4 is 16.6 Å². The van der Waals surface area contributed by atoms with Crippen LogP contribution in [0.15, 0.2) is 30.3 Å². The monoisotopic (exact) mass is 298 g/mol. The normalized spacial score (nSPS) is 11.3. The number of hydrogen-bond donors (Lipinski definition) is 0. The van der Waals surface area contributed by atoms with Crippen molar-refractivity contribution in [1.82, 2.24) is 20.0 Å². The first kappa shape index (κ1) is 14.8. The maximum atomic E-state index is 5.99. The van der Waals surface area contributed by atoms with Crippen molar-refractivity contribution in [3.63, 3.8) is 0 Å². The molecule has 0 radical (unpaired) electrons. The van der Waals surface area contributed by atoms with E-state index in [0.717, 1.165) is 35.3 Å². The van der Waals surface area contributed by atoms with Crippen LogP contribution in [0.25, 0.3) is 16.6 Å². The SMILES string of the molecule is CCCCCCCCOc1cc2nnnn2c2ccccc12. The second-order valence-electron chi connectivity index (χ2n) is 5.59. The van der Waals surface area contributed by atoms with Crippen LogP contribution in [-0.4, -0.2) is 26.6 Å². The molecule has 0 spiro atoms. The Bertz CT molecular complexity index is 738. The maximum absolute atomic E-state index is 5.99. The van der Waals surface area contributed by atoms with Gasteiger partial charge in [-0.05, 0) is 29.0 Å². The van der Waals surface area contributed by atoms with Crippen molar-refractivity contribution in [2.24, 2.45) is 0 Å². The first-order valence-corrected chi connectivity index (χ1v) is 8.13. The average Bonchev–Trinajstić information content (AvgIpc) is 3.02. The zero-order valence-electron chi connectivity index (χ0n) is 13.0. The third-order valence-corrected chi connectivity index (χ3v) is 3.91. The molecule has 0 N–H and O–H groups in total. The summed E-state index contributed by atoms with van der Waals surface area (Å²) in [5.74, 6) is 0.867. The minimum atomic E-state index is 0.719. The first-order valence-electron chi connectivity index (χ1n) is 8.13. The van der Waals surface area contributed by atoms with Gasteiger partial charge in [0.1, 0.15) is 5.75 Å². The van der Waals surface area contributed by atoms with Crippen molar-refractivity contribution in [3.8, 4) is 5.75 Å². The quantitative estimate of drug-likeness (QED) is 0.589. The Labute approximate surface area is 130 Å². The standard InChI is InChI=1S/C17H22N4O/c1-2-3-4-5-6-9-12-22-16-13-17-18-19-20-21(17)15-11-8-7-10-14(15)16/h7-8,10-11,13H,2-6,9,12H2,1H3. The molecule has 2 heterocycles. The van der Waals surface area contributed by atoms with Crippen LogP contribution >= 0.6 is 0 Å². The lowest BCUT2D eigenvalue weighted by Crippen LogP contribution is -2.00. The summed E-state index contributed by atoms with van der Waals surface area (Å²) < 4.78 is 7.74. The second kappa shape index (κ2) is 7.20. The number of pyridine rings is 1. The van der Waals surface area contributed by atoms with Crippen LogP contribution in [0.2, 0.25) is 0 Å². The van der Waals surface area contributed by atoms with Crippen LogP contribution in [0.1, 0.15) is 45.4 Å². The number of nitrogens with zero attached hydrogens (tertiary/aromatic N) is 4. The van der Waals surface area contributed by atoms with Gasteiger partial charge in [0, 0.05) is 11.5 Å². The fourth-order valence-corrected chi connectivity index (χ4v) is 2.70. The number of tetrazole rings is 1. The fourth-order valence-electron chi connectivity index (χ4n) is 2.70. The Morgan fingerprint density at radius 1 is 1.05 bits per heavy atom. The third-order valence-electron chi connectivity index (χ3n) is 3.91. The van der Waals surface area contributed by atoms with Gasteiger partial charge in [-0.2, -0.15) is 4.52 Å². The molecule has 0 aliphatic heterocycles. The van der Waals surface area contributed by atoms with E-state index >= 15 is 0 Å². The average molecular weight is 298 g/mol. The van der Waals surface area contributed by atoms with Gasteiger partial charge in [-0.15, -0.1) is 5.10 Å². The molecule has 0 aliphatic carbocycles.